The first kappa shape index (κ1) is 21.8. The zero-order chi connectivity index (χ0) is 23.0. The second-order valence-corrected chi connectivity index (χ2v) is 8.26. The molecule has 1 atom stereocenters. The van der Waals surface area contributed by atoms with Gasteiger partial charge in [-0.15, -0.1) is 0 Å². The van der Waals surface area contributed by atoms with Crippen molar-refractivity contribution in [2.24, 2.45) is 5.84 Å². The van der Waals surface area contributed by atoms with Gasteiger partial charge in [0, 0.05) is 30.1 Å². The Bertz CT molecular complexity index is 1140. The van der Waals surface area contributed by atoms with Crippen molar-refractivity contribution in [3.05, 3.63) is 63.7 Å². The molecule has 5 amide bonds. The van der Waals surface area contributed by atoms with Crippen LogP contribution < -0.4 is 21.5 Å². The number of nitrogens with two attached hydrogens (primary N) is 1. The number of hydrogen-bond acceptors (Lipinski definition) is 5. The molecule has 2 aliphatic heterocycles. The summed E-state index contributed by atoms with van der Waals surface area (Å²) in [5, 5.41) is 6.51. The van der Waals surface area contributed by atoms with Crippen molar-refractivity contribution < 1.29 is 19.2 Å². The fraction of sp³-hybridized carbons (Fsp3) is 0.273. The lowest BCUT2D eigenvalue weighted by Crippen LogP contribution is -2.52. The number of hydrazine groups is 1. The number of piperidine rings is 1. The van der Waals surface area contributed by atoms with E-state index in [-0.39, 0.29) is 31.3 Å². The summed E-state index contributed by atoms with van der Waals surface area (Å²) in [6.45, 7) is 2.33. The van der Waals surface area contributed by atoms with Crippen LogP contribution in [0.2, 0.25) is 5.02 Å². The van der Waals surface area contributed by atoms with Crippen molar-refractivity contribution in [3.8, 4) is 0 Å². The van der Waals surface area contributed by atoms with E-state index >= 15 is 0 Å². The van der Waals surface area contributed by atoms with Crippen molar-refractivity contribution in [3.63, 3.8) is 0 Å². The molecule has 166 valence electrons. The first-order valence-corrected chi connectivity index (χ1v) is 10.5. The van der Waals surface area contributed by atoms with E-state index in [1.807, 2.05) is 13.0 Å². The third-order valence-corrected chi connectivity index (χ3v) is 6.09. The summed E-state index contributed by atoms with van der Waals surface area (Å²) in [6, 6.07) is 9.17. The largest absolute Gasteiger partial charge is 0.336 e. The van der Waals surface area contributed by atoms with Crippen molar-refractivity contribution in [1.82, 2.24) is 15.5 Å². The molecule has 0 saturated carbocycles. The van der Waals surface area contributed by atoms with Gasteiger partial charge in [-0.3, -0.25) is 19.7 Å². The van der Waals surface area contributed by atoms with Crippen LogP contribution in [-0.2, 0) is 22.7 Å². The highest BCUT2D eigenvalue weighted by molar-refractivity contribution is 6.31. The number of halogens is 1. The number of anilines is 1. The molecule has 4 N–H and O–H groups in total. The summed E-state index contributed by atoms with van der Waals surface area (Å²) in [4.78, 5) is 50.2. The monoisotopic (exact) mass is 455 g/mol. The van der Waals surface area contributed by atoms with Crippen molar-refractivity contribution in [2.75, 3.05) is 5.01 Å². The molecular formula is C22H22ClN5O4. The fourth-order valence-electron chi connectivity index (χ4n) is 3.85. The summed E-state index contributed by atoms with van der Waals surface area (Å²) in [5.41, 5.74) is 3.40. The minimum atomic E-state index is -0.664. The molecule has 4 rings (SSSR count). The summed E-state index contributed by atoms with van der Waals surface area (Å²) in [5.74, 6) is 4.89. The maximum Gasteiger partial charge on any atom is 0.336 e. The van der Waals surface area contributed by atoms with Gasteiger partial charge in [-0.2, -0.15) is 0 Å². The van der Waals surface area contributed by atoms with Gasteiger partial charge in [-0.25, -0.2) is 15.6 Å². The number of imide groups is 1. The molecule has 0 aliphatic carbocycles. The van der Waals surface area contributed by atoms with Gasteiger partial charge < -0.3 is 10.2 Å². The summed E-state index contributed by atoms with van der Waals surface area (Å²) < 4.78 is 0. The van der Waals surface area contributed by atoms with Crippen LogP contribution in [0.15, 0.2) is 36.4 Å². The van der Waals surface area contributed by atoms with Gasteiger partial charge in [0.05, 0.1) is 5.69 Å². The second kappa shape index (κ2) is 8.60. The normalized spacial score (nSPS) is 17.8. The third-order valence-electron chi connectivity index (χ3n) is 5.68. The van der Waals surface area contributed by atoms with E-state index in [2.05, 4.69) is 10.6 Å². The van der Waals surface area contributed by atoms with Crippen LogP contribution in [-0.4, -0.2) is 34.7 Å². The zero-order valence-electron chi connectivity index (χ0n) is 17.4. The number of benzene rings is 2. The number of urea groups is 1. The Labute approximate surface area is 189 Å². The highest BCUT2D eigenvalue weighted by Crippen LogP contribution is 2.28. The molecule has 1 unspecified atom stereocenters. The number of aryl methyl sites for hydroxylation is 1. The number of hydrogen-bond donors (Lipinski definition) is 3. The first-order valence-electron chi connectivity index (χ1n) is 10.1. The van der Waals surface area contributed by atoms with Gasteiger partial charge in [-0.05, 0) is 48.2 Å². The Balaban J connectivity index is 1.41. The lowest BCUT2D eigenvalue weighted by atomic mass is 10.0. The van der Waals surface area contributed by atoms with Crippen molar-refractivity contribution in [1.29, 1.82) is 0 Å². The minimum absolute atomic E-state index is 0.200. The van der Waals surface area contributed by atoms with E-state index in [0.29, 0.717) is 22.7 Å². The van der Waals surface area contributed by atoms with Gasteiger partial charge in [0.2, 0.25) is 11.8 Å². The predicted octanol–water partition coefficient (Wildman–Crippen LogP) is 2.00. The number of carbonyl (C=O) groups excluding carboxylic acids is 4. The van der Waals surface area contributed by atoms with Gasteiger partial charge >= 0.3 is 6.03 Å². The van der Waals surface area contributed by atoms with Gasteiger partial charge in [-0.1, -0.05) is 29.8 Å². The lowest BCUT2D eigenvalue weighted by molar-refractivity contribution is -0.136. The summed E-state index contributed by atoms with van der Waals surface area (Å²) >= 11 is 6.10. The SMILES string of the molecule is Cc1ccc(N(N)C(=O)NCc2ccc3c(c2)CN(C2CCC(=O)NC2=O)C3=O)cc1Cl. The molecule has 32 heavy (non-hydrogen) atoms. The Hall–Kier alpha value is -3.43. The van der Waals surface area contributed by atoms with E-state index in [9.17, 15) is 19.2 Å². The molecule has 0 spiro atoms. The van der Waals surface area contributed by atoms with Crippen LogP contribution in [0.1, 0.15) is 39.9 Å². The molecule has 9 nitrogen and oxygen atoms in total. The maximum absolute atomic E-state index is 12.8. The van der Waals surface area contributed by atoms with Crippen LogP contribution in [0.4, 0.5) is 10.5 Å². The highest BCUT2D eigenvalue weighted by atomic mass is 35.5. The molecule has 0 bridgehead atoms. The molecule has 2 heterocycles. The van der Waals surface area contributed by atoms with Crippen LogP contribution in [0, 0.1) is 6.92 Å². The Morgan fingerprint density at radius 3 is 2.75 bits per heavy atom. The number of fused-ring (bicyclic) bond motifs is 1. The summed E-state index contributed by atoms with van der Waals surface area (Å²) in [7, 11) is 0. The second-order valence-electron chi connectivity index (χ2n) is 7.85. The standard InChI is InChI=1S/C22H22ClN5O4/c1-12-2-4-15(9-17(12)23)28(24)22(32)25-10-13-3-5-16-14(8-13)11-27(21(16)31)18-6-7-19(29)26-20(18)30/h2-5,8-9,18H,6-7,10-11,24H2,1H3,(H,25,32)(H,26,29,30). The Morgan fingerprint density at radius 1 is 1.25 bits per heavy atom. The average molecular weight is 456 g/mol. The molecule has 10 heteroatoms. The number of nitrogens with zero attached hydrogens (tertiary/aromatic N) is 2. The van der Waals surface area contributed by atoms with Crippen molar-refractivity contribution >= 4 is 41.0 Å². The molecule has 2 aromatic rings. The summed E-state index contributed by atoms with van der Waals surface area (Å²) in [6.07, 6.45) is 0.512. The lowest BCUT2D eigenvalue weighted by Gasteiger charge is -2.29. The van der Waals surface area contributed by atoms with Gasteiger partial charge in [0.25, 0.3) is 5.91 Å². The molecule has 0 aromatic heterocycles. The van der Waals surface area contributed by atoms with E-state index in [1.165, 1.54) is 4.90 Å². The Kier molecular flexibility index (Phi) is 5.86. The minimum Gasteiger partial charge on any atom is -0.332 e. The van der Waals surface area contributed by atoms with E-state index < -0.39 is 18.0 Å². The average Bonchev–Trinajstić information content (AvgIpc) is 3.09. The molecule has 1 saturated heterocycles. The molecule has 2 aromatic carbocycles. The third kappa shape index (κ3) is 4.17. The number of rotatable bonds is 4. The molecular weight excluding hydrogens is 434 g/mol. The number of carbonyl (C=O) groups is 4. The fourth-order valence-corrected chi connectivity index (χ4v) is 4.02. The smallest absolute Gasteiger partial charge is 0.332 e. The molecule has 0 radical (unpaired) electrons. The quantitative estimate of drug-likeness (QED) is 0.281. The topological polar surface area (TPSA) is 125 Å². The van der Waals surface area contributed by atoms with Crippen molar-refractivity contribution in [2.45, 2.75) is 38.9 Å². The zero-order valence-corrected chi connectivity index (χ0v) is 18.1. The van der Waals surface area contributed by atoms with Crippen LogP contribution >= 0.6 is 11.6 Å². The van der Waals surface area contributed by atoms with E-state index in [1.54, 1.807) is 30.3 Å². The van der Waals surface area contributed by atoms with E-state index in [4.69, 9.17) is 17.4 Å². The number of amides is 5. The molecule has 2 aliphatic rings. The Morgan fingerprint density at radius 2 is 2.03 bits per heavy atom. The number of nitrogens with one attached hydrogen (secondary N) is 2. The van der Waals surface area contributed by atoms with E-state index in [0.717, 1.165) is 21.7 Å². The van der Waals surface area contributed by atoms with Gasteiger partial charge in [0.15, 0.2) is 0 Å². The first-order chi connectivity index (χ1) is 15.2. The van der Waals surface area contributed by atoms with Gasteiger partial charge in [0.1, 0.15) is 6.04 Å². The predicted molar refractivity (Wildman–Crippen MR) is 118 cm³/mol. The highest BCUT2D eigenvalue weighted by Gasteiger charge is 2.39. The maximum atomic E-state index is 12.8. The van der Waals surface area contributed by atoms with Crippen LogP contribution in [0.25, 0.3) is 0 Å². The van der Waals surface area contributed by atoms with Crippen LogP contribution in [0.3, 0.4) is 0 Å². The van der Waals surface area contributed by atoms with Crippen LogP contribution in [0.5, 0.6) is 0 Å². The molecule has 1 fully saturated rings.